The minimum Gasteiger partial charge on any atom is -0.455 e. The number of benzene rings is 6. The van der Waals surface area contributed by atoms with Crippen molar-refractivity contribution in [3.05, 3.63) is 146 Å². The fourth-order valence-corrected chi connectivity index (χ4v) is 6.68. The summed E-state index contributed by atoms with van der Waals surface area (Å²) in [7, 11) is 0. The van der Waals surface area contributed by atoms with Gasteiger partial charge < -0.3 is 4.42 Å². The van der Waals surface area contributed by atoms with Gasteiger partial charge >= 0.3 is 0 Å². The van der Waals surface area contributed by atoms with E-state index in [4.69, 9.17) is 4.42 Å². The van der Waals surface area contributed by atoms with Crippen LogP contribution in [0.3, 0.4) is 0 Å². The number of hydrogen-bond donors (Lipinski definition) is 0. The molecule has 0 fully saturated rings. The van der Waals surface area contributed by atoms with E-state index in [1.165, 1.54) is 26.9 Å². The maximum Gasteiger partial charge on any atom is 0.144 e. The molecule has 9 rings (SSSR count). The van der Waals surface area contributed by atoms with E-state index < -0.39 is 0 Å². The Morgan fingerprint density at radius 2 is 0.930 bits per heavy atom. The van der Waals surface area contributed by atoms with E-state index in [2.05, 4.69) is 113 Å². The number of pyridine rings is 2. The number of fused-ring (bicyclic) bond motifs is 10. The van der Waals surface area contributed by atoms with E-state index in [-0.39, 0.29) is 0 Å². The topological polar surface area (TPSA) is 38.9 Å². The zero-order chi connectivity index (χ0) is 28.3. The highest BCUT2D eigenvalue weighted by Crippen LogP contribution is 2.47. The van der Waals surface area contributed by atoms with Crippen LogP contribution in [0.5, 0.6) is 0 Å². The van der Waals surface area contributed by atoms with Crippen LogP contribution in [0.25, 0.3) is 87.6 Å². The van der Waals surface area contributed by atoms with Crippen LogP contribution < -0.4 is 0 Å². The monoisotopic (exact) mass is 548 g/mol. The van der Waals surface area contributed by atoms with Gasteiger partial charge in [0.25, 0.3) is 0 Å². The van der Waals surface area contributed by atoms with Gasteiger partial charge in [0.2, 0.25) is 0 Å². The van der Waals surface area contributed by atoms with Crippen LogP contribution in [0.15, 0.2) is 151 Å². The summed E-state index contributed by atoms with van der Waals surface area (Å²) < 4.78 is 6.79. The first kappa shape index (κ1) is 23.9. The molecular weight excluding hydrogens is 524 g/mol. The molecule has 0 N–H and O–H groups in total. The molecule has 3 heteroatoms. The summed E-state index contributed by atoms with van der Waals surface area (Å²) in [4.78, 5) is 8.85. The third kappa shape index (κ3) is 3.68. The van der Waals surface area contributed by atoms with Crippen LogP contribution in [0, 0.1) is 0 Å². The molecule has 3 nitrogen and oxygen atoms in total. The van der Waals surface area contributed by atoms with Gasteiger partial charge in [-0.05, 0) is 91.6 Å². The molecule has 0 saturated heterocycles. The molecule has 6 aromatic carbocycles. The standard InChI is InChI=1S/C40H24N2O/c1-2-13-32-30(11-1)31-12-3-4-14-33(31)38-36(32)22-35(39-34-15-5-6-16-37(34)43-40(38)39)29-20-27(25-9-7-17-41-23-25)19-28(21-29)26-10-8-18-42-24-26/h1-24H. The van der Waals surface area contributed by atoms with Crippen LogP contribution in [-0.4, -0.2) is 9.97 Å². The Morgan fingerprint density at radius 1 is 0.395 bits per heavy atom. The molecule has 0 unspecified atom stereocenters. The molecular formula is C40H24N2O. The number of furan rings is 1. The van der Waals surface area contributed by atoms with Crippen molar-refractivity contribution in [3.8, 4) is 33.4 Å². The van der Waals surface area contributed by atoms with E-state index in [0.29, 0.717) is 0 Å². The highest BCUT2D eigenvalue weighted by atomic mass is 16.3. The Bertz CT molecular complexity index is 2440. The van der Waals surface area contributed by atoms with Crippen LogP contribution in [-0.2, 0) is 0 Å². The summed E-state index contributed by atoms with van der Waals surface area (Å²) >= 11 is 0. The molecule has 0 aliphatic rings. The van der Waals surface area contributed by atoms with Crippen molar-refractivity contribution in [1.82, 2.24) is 9.97 Å². The second-order valence-electron chi connectivity index (χ2n) is 11.0. The number of para-hydroxylation sites is 1. The Labute approximate surface area is 247 Å². The van der Waals surface area contributed by atoms with Crippen molar-refractivity contribution < 1.29 is 4.42 Å². The first-order chi connectivity index (χ1) is 21.3. The maximum absolute atomic E-state index is 6.79. The third-order valence-electron chi connectivity index (χ3n) is 8.59. The zero-order valence-corrected chi connectivity index (χ0v) is 23.2. The van der Waals surface area contributed by atoms with E-state index in [0.717, 1.165) is 60.7 Å². The largest absolute Gasteiger partial charge is 0.455 e. The lowest BCUT2D eigenvalue weighted by atomic mass is 9.87. The van der Waals surface area contributed by atoms with Gasteiger partial charge in [0.15, 0.2) is 0 Å². The van der Waals surface area contributed by atoms with Gasteiger partial charge in [-0.2, -0.15) is 0 Å². The first-order valence-electron chi connectivity index (χ1n) is 14.5. The summed E-state index contributed by atoms with van der Waals surface area (Å²) in [6.07, 6.45) is 7.48. The van der Waals surface area contributed by atoms with E-state index in [9.17, 15) is 0 Å². The van der Waals surface area contributed by atoms with Crippen molar-refractivity contribution in [2.75, 3.05) is 0 Å². The average Bonchev–Trinajstić information content (AvgIpc) is 3.48. The third-order valence-corrected chi connectivity index (χ3v) is 8.59. The van der Waals surface area contributed by atoms with Gasteiger partial charge in [-0.25, -0.2) is 0 Å². The maximum atomic E-state index is 6.79. The predicted octanol–water partition coefficient (Wildman–Crippen LogP) is 10.8. The van der Waals surface area contributed by atoms with Crippen LogP contribution in [0.1, 0.15) is 0 Å². The van der Waals surface area contributed by atoms with Crippen LogP contribution in [0.2, 0.25) is 0 Å². The lowest BCUT2D eigenvalue weighted by molar-refractivity contribution is 0.673. The van der Waals surface area contributed by atoms with Gasteiger partial charge in [0.05, 0.1) is 0 Å². The smallest absolute Gasteiger partial charge is 0.144 e. The van der Waals surface area contributed by atoms with Crippen molar-refractivity contribution in [2.24, 2.45) is 0 Å². The van der Waals surface area contributed by atoms with E-state index in [1.54, 1.807) is 0 Å². The number of hydrogen-bond acceptors (Lipinski definition) is 3. The summed E-state index contributed by atoms with van der Waals surface area (Å²) in [5, 5.41) is 9.48. The van der Waals surface area contributed by atoms with E-state index >= 15 is 0 Å². The molecule has 0 atom stereocenters. The molecule has 200 valence electrons. The first-order valence-corrected chi connectivity index (χ1v) is 14.5. The Morgan fingerprint density at radius 3 is 1.56 bits per heavy atom. The van der Waals surface area contributed by atoms with Crippen LogP contribution >= 0.6 is 0 Å². The van der Waals surface area contributed by atoms with Crippen LogP contribution in [0.4, 0.5) is 0 Å². The molecule has 0 saturated carbocycles. The molecule has 0 aliphatic carbocycles. The minimum atomic E-state index is 0.888. The predicted molar refractivity (Wildman–Crippen MR) is 178 cm³/mol. The summed E-state index contributed by atoms with van der Waals surface area (Å²) in [5.74, 6) is 0. The second kappa shape index (κ2) is 9.37. The van der Waals surface area contributed by atoms with Gasteiger partial charge in [-0.1, -0.05) is 78.9 Å². The lowest BCUT2D eigenvalue weighted by Gasteiger charge is -2.15. The van der Waals surface area contributed by atoms with Crippen molar-refractivity contribution in [2.45, 2.75) is 0 Å². The normalized spacial score (nSPS) is 11.7. The van der Waals surface area contributed by atoms with Gasteiger partial charge in [0, 0.05) is 52.1 Å². The molecule has 0 spiro atoms. The van der Waals surface area contributed by atoms with Gasteiger partial charge in [-0.15, -0.1) is 0 Å². The van der Waals surface area contributed by atoms with Crippen molar-refractivity contribution in [1.29, 1.82) is 0 Å². The number of nitrogens with zero attached hydrogens (tertiary/aromatic N) is 2. The quantitative estimate of drug-likeness (QED) is 0.206. The zero-order valence-electron chi connectivity index (χ0n) is 23.2. The van der Waals surface area contributed by atoms with Crippen molar-refractivity contribution >= 4 is 54.3 Å². The summed E-state index contributed by atoms with van der Waals surface area (Å²) in [6.45, 7) is 0. The Hall–Kier alpha value is -5.80. The molecule has 0 aliphatic heterocycles. The second-order valence-corrected chi connectivity index (χ2v) is 11.0. The van der Waals surface area contributed by atoms with E-state index in [1.807, 2.05) is 43.0 Å². The summed E-state index contributed by atoms with van der Waals surface area (Å²) in [5.41, 5.74) is 8.42. The number of rotatable bonds is 3. The molecule has 9 aromatic rings. The van der Waals surface area contributed by atoms with Gasteiger partial charge in [-0.3, -0.25) is 9.97 Å². The highest BCUT2D eigenvalue weighted by Gasteiger charge is 2.21. The molecule has 3 heterocycles. The Balaban J connectivity index is 1.48. The minimum absolute atomic E-state index is 0.888. The SMILES string of the molecule is c1cncc(-c2cc(-c3cccnc3)cc(-c3cc4c5ccccc5c5ccccc5c4c4oc5ccccc5c34)c2)c1. The molecule has 0 amide bonds. The Kier molecular flexibility index (Phi) is 5.20. The molecule has 3 aromatic heterocycles. The fraction of sp³-hybridized carbons (Fsp3) is 0. The number of aromatic nitrogens is 2. The molecule has 43 heavy (non-hydrogen) atoms. The molecule has 0 radical (unpaired) electrons. The lowest BCUT2D eigenvalue weighted by Crippen LogP contribution is -1.90. The van der Waals surface area contributed by atoms with Gasteiger partial charge in [0.1, 0.15) is 11.2 Å². The average molecular weight is 549 g/mol. The summed E-state index contributed by atoms with van der Waals surface area (Å²) in [6, 6.07) is 43.1. The van der Waals surface area contributed by atoms with Crippen molar-refractivity contribution in [3.63, 3.8) is 0 Å². The highest BCUT2D eigenvalue weighted by molar-refractivity contribution is 6.34. The molecule has 0 bridgehead atoms. The fourth-order valence-electron chi connectivity index (χ4n) is 6.68.